The number of halogens is 1. The van der Waals surface area contributed by atoms with Gasteiger partial charge in [-0.05, 0) is 12.1 Å². The van der Waals surface area contributed by atoms with Crippen molar-refractivity contribution in [2.75, 3.05) is 13.7 Å². The first kappa shape index (κ1) is 14.3. The SMILES string of the molecule is COc1cccc(F)c1C(=O)N1C[C@H](O)C[C@@H]1C(=O)O. The molecular formula is C13H14FNO5. The zero-order valence-corrected chi connectivity index (χ0v) is 10.7. The number of aliphatic hydroxyl groups is 1. The van der Waals surface area contributed by atoms with Crippen molar-refractivity contribution in [1.82, 2.24) is 4.90 Å². The summed E-state index contributed by atoms with van der Waals surface area (Å²) in [7, 11) is 1.29. The van der Waals surface area contributed by atoms with E-state index < -0.39 is 29.8 Å². The van der Waals surface area contributed by atoms with Gasteiger partial charge in [0, 0.05) is 13.0 Å². The van der Waals surface area contributed by atoms with Gasteiger partial charge in [-0.1, -0.05) is 6.07 Å². The highest BCUT2D eigenvalue weighted by Crippen LogP contribution is 2.27. The number of ether oxygens (including phenoxy) is 1. The van der Waals surface area contributed by atoms with Crippen LogP contribution in [0.4, 0.5) is 4.39 Å². The maximum Gasteiger partial charge on any atom is 0.326 e. The number of rotatable bonds is 3. The zero-order valence-electron chi connectivity index (χ0n) is 10.7. The van der Waals surface area contributed by atoms with Crippen LogP contribution >= 0.6 is 0 Å². The molecule has 1 aliphatic heterocycles. The molecule has 1 aromatic carbocycles. The summed E-state index contributed by atoms with van der Waals surface area (Å²) in [6.45, 7) is -0.146. The molecule has 0 radical (unpaired) electrons. The first-order valence-electron chi connectivity index (χ1n) is 6.00. The van der Waals surface area contributed by atoms with Crippen molar-refractivity contribution in [3.8, 4) is 5.75 Å². The van der Waals surface area contributed by atoms with Crippen LogP contribution in [-0.4, -0.2) is 52.8 Å². The number of carbonyl (C=O) groups excluding carboxylic acids is 1. The van der Waals surface area contributed by atoms with Gasteiger partial charge < -0.3 is 19.8 Å². The Morgan fingerprint density at radius 3 is 2.75 bits per heavy atom. The molecule has 1 fully saturated rings. The molecule has 108 valence electrons. The molecule has 1 amide bonds. The maximum atomic E-state index is 13.8. The number of amides is 1. The first-order valence-corrected chi connectivity index (χ1v) is 6.00. The maximum absolute atomic E-state index is 13.8. The Labute approximate surface area is 114 Å². The molecule has 1 heterocycles. The van der Waals surface area contributed by atoms with Crippen molar-refractivity contribution in [1.29, 1.82) is 0 Å². The number of carbonyl (C=O) groups is 2. The lowest BCUT2D eigenvalue weighted by Crippen LogP contribution is -2.41. The van der Waals surface area contributed by atoms with E-state index in [2.05, 4.69) is 0 Å². The number of hydrogen-bond donors (Lipinski definition) is 2. The van der Waals surface area contributed by atoms with Gasteiger partial charge in [0.15, 0.2) is 0 Å². The Balaban J connectivity index is 2.38. The highest BCUT2D eigenvalue weighted by Gasteiger charge is 2.40. The van der Waals surface area contributed by atoms with Crippen LogP contribution in [0.15, 0.2) is 18.2 Å². The van der Waals surface area contributed by atoms with Crippen molar-refractivity contribution in [3.05, 3.63) is 29.6 Å². The van der Waals surface area contributed by atoms with Crippen LogP contribution in [0.3, 0.4) is 0 Å². The van der Waals surface area contributed by atoms with Crippen LogP contribution in [0.25, 0.3) is 0 Å². The van der Waals surface area contributed by atoms with E-state index in [1.807, 2.05) is 0 Å². The van der Waals surface area contributed by atoms with Gasteiger partial charge in [-0.3, -0.25) is 4.79 Å². The quantitative estimate of drug-likeness (QED) is 0.843. The number of nitrogens with zero attached hydrogens (tertiary/aromatic N) is 1. The Kier molecular flexibility index (Phi) is 3.89. The van der Waals surface area contributed by atoms with E-state index in [1.165, 1.54) is 19.2 Å². The third kappa shape index (κ3) is 2.44. The lowest BCUT2D eigenvalue weighted by atomic mass is 10.1. The minimum absolute atomic E-state index is 0.0283. The van der Waals surface area contributed by atoms with Gasteiger partial charge in [0.05, 0.1) is 13.2 Å². The summed E-state index contributed by atoms with van der Waals surface area (Å²) in [4.78, 5) is 24.4. The van der Waals surface area contributed by atoms with Crippen LogP contribution in [-0.2, 0) is 4.79 Å². The number of carboxylic acid groups (broad SMARTS) is 1. The number of benzene rings is 1. The lowest BCUT2D eigenvalue weighted by molar-refractivity contribution is -0.141. The molecule has 0 unspecified atom stereocenters. The average molecular weight is 283 g/mol. The summed E-state index contributed by atoms with van der Waals surface area (Å²) in [6.07, 6.45) is -1.00. The number of hydrogen-bond acceptors (Lipinski definition) is 4. The van der Waals surface area contributed by atoms with Crippen molar-refractivity contribution < 1.29 is 28.9 Å². The molecular weight excluding hydrogens is 269 g/mol. The van der Waals surface area contributed by atoms with Gasteiger partial charge in [-0.15, -0.1) is 0 Å². The van der Waals surface area contributed by atoms with Gasteiger partial charge in [0.2, 0.25) is 0 Å². The molecule has 0 spiro atoms. The molecule has 1 saturated heterocycles. The molecule has 1 aromatic rings. The monoisotopic (exact) mass is 283 g/mol. The van der Waals surface area contributed by atoms with E-state index in [9.17, 15) is 19.1 Å². The Bertz CT molecular complexity index is 548. The van der Waals surface area contributed by atoms with Crippen molar-refractivity contribution in [3.63, 3.8) is 0 Å². The normalized spacial score (nSPS) is 21.9. The van der Waals surface area contributed by atoms with E-state index in [1.54, 1.807) is 0 Å². The molecule has 7 heteroatoms. The van der Waals surface area contributed by atoms with Crippen LogP contribution in [0.1, 0.15) is 16.8 Å². The number of methoxy groups -OCH3 is 1. The van der Waals surface area contributed by atoms with Crippen LogP contribution < -0.4 is 4.74 Å². The Morgan fingerprint density at radius 1 is 1.45 bits per heavy atom. The third-order valence-electron chi connectivity index (χ3n) is 3.23. The lowest BCUT2D eigenvalue weighted by Gasteiger charge is -2.22. The third-order valence-corrected chi connectivity index (χ3v) is 3.23. The van der Waals surface area contributed by atoms with E-state index in [-0.39, 0.29) is 24.3 Å². The van der Waals surface area contributed by atoms with E-state index in [0.717, 1.165) is 11.0 Å². The minimum atomic E-state index is -1.23. The van der Waals surface area contributed by atoms with E-state index in [4.69, 9.17) is 9.84 Å². The molecule has 6 nitrogen and oxygen atoms in total. The largest absolute Gasteiger partial charge is 0.496 e. The second kappa shape index (κ2) is 5.46. The van der Waals surface area contributed by atoms with Gasteiger partial charge in [0.25, 0.3) is 5.91 Å². The van der Waals surface area contributed by atoms with Crippen LogP contribution in [0.2, 0.25) is 0 Å². The zero-order chi connectivity index (χ0) is 14.9. The van der Waals surface area contributed by atoms with E-state index >= 15 is 0 Å². The molecule has 2 N–H and O–H groups in total. The average Bonchev–Trinajstić information content (AvgIpc) is 2.80. The molecule has 2 rings (SSSR count). The summed E-state index contributed by atoms with van der Waals surface area (Å²) in [5.74, 6) is -2.80. The fourth-order valence-electron chi connectivity index (χ4n) is 2.30. The summed E-state index contributed by atoms with van der Waals surface area (Å²) >= 11 is 0. The number of β-amino-alcohol motifs (C(OH)–C–C–N with tert-alkyl or cyclic N) is 1. The minimum Gasteiger partial charge on any atom is -0.496 e. The fraction of sp³-hybridized carbons (Fsp3) is 0.385. The summed E-state index contributed by atoms with van der Waals surface area (Å²) < 4.78 is 18.8. The van der Waals surface area contributed by atoms with Crippen LogP contribution in [0, 0.1) is 5.82 Å². The standard InChI is InChI=1S/C13H14FNO5/c1-20-10-4-2-3-8(14)11(10)12(17)15-6-7(16)5-9(15)13(18)19/h2-4,7,9,16H,5-6H2,1H3,(H,18,19)/t7-,9-/m1/s1. The number of aliphatic hydroxyl groups excluding tert-OH is 1. The second-order valence-corrected chi connectivity index (χ2v) is 4.52. The van der Waals surface area contributed by atoms with Gasteiger partial charge >= 0.3 is 5.97 Å². The Morgan fingerprint density at radius 2 is 2.15 bits per heavy atom. The second-order valence-electron chi connectivity index (χ2n) is 4.52. The predicted molar refractivity (Wildman–Crippen MR) is 66.0 cm³/mol. The number of likely N-dealkylation sites (tertiary alicyclic amines) is 1. The van der Waals surface area contributed by atoms with Crippen molar-refractivity contribution >= 4 is 11.9 Å². The molecule has 0 bridgehead atoms. The fourth-order valence-corrected chi connectivity index (χ4v) is 2.30. The summed E-state index contributed by atoms with van der Waals surface area (Å²) in [5.41, 5.74) is -0.324. The topological polar surface area (TPSA) is 87.1 Å². The molecule has 0 aromatic heterocycles. The van der Waals surface area contributed by atoms with E-state index in [0.29, 0.717) is 0 Å². The van der Waals surface area contributed by atoms with Crippen LogP contribution in [0.5, 0.6) is 5.75 Å². The molecule has 0 aliphatic carbocycles. The van der Waals surface area contributed by atoms with Gasteiger partial charge in [-0.25, -0.2) is 9.18 Å². The van der Waals surface area contributed by atoms with Gasteiger partial charge in [-0.2, -0.15) is 0 Å². The summed E-state index contributed by atoms with van der Waals surface area (Å²) in [5, 5.41) is 18.6. The highest BCUT2D eigenvalue weighted by atomic mass is 19.1. The Hall–Kier alpha value is -2.15. The van der Waals surface area contributed by atoms with Crippen molar-refractivity contribution in [2.24, 2.45) is 0 Å². The molecule has 2 atom stereocenters. The number of carboxylic acids is 1. The predicted octanol–water partition coefficient (Wildman–Crippen LogP) is 0.494. The van der Waals surface area contributed by atoms with Gasteiger partial charge in [0.1, 0.15) is 23.2 Å². The molecule has 0 saturated carbocycles. The number of aliphatic carboxylic acids is 1. The van der Waals surface area contributed by atoms with Crippen molar-refractivity contribution in [2.45, 2.75) is 18.6 Å². The molecule has 1 aliphatic rings. The summed E-state index contributed by atoms with van der Waals surface area (Å²) in [6, 6.07) is 2.73. The first-order chi connectivity index (χ1) is 9.45. The smallest absolute Gasteiger partial charge is 0.326 e. The molecule has 20 heavy (non-hydrogen) atoms. The highest BCUT2D eigenvalue weighted by molar-refractivity contribution is 5.99.